The maximum absolute atomic E-state index is 12.7. The van der Waals surface area contributed by atoms with Crippen LogP contribution < -0.4 is 5.73 Å². The van der Waals surface area contributed by atoms with Gasteiger partial charge in [-0.05, 0) is 103 Å². The molecule has 77 heavy (non-hydrogen) atoms. The Morgan fingerprint density at radius 3 is 1.08 bits per heavy atom. The molecule has 0 heterocycles. The van der Waals surface area contributed by atoms with E-state index in [-0.39, 0.29) is 32.6 Å². The van der Waals surface area contributed by atoms with Crippen molar-refractivity contribution in [3.8, 4) is 0 Å². The summed E-state index contributed by atoms with van der Waals surface area (Å²) in [5, 5.41) is 0. The van der Waals surface area contributed by atoms with Crippen LogP contribution in [0.25, 0.3) is 0 Å². The zero-order valence-corrected chi connectivity index (χ0v) is 50.3. The summed E-state index contributed by atoms with van der Waals surface area (Å²) in [7, 11) is -4.41. The summed E-state index contributed by atoms with van der Waals surface area (Å²) in [6, 6.07) is 0. The molecule has 0 aromatic rings. The van der Waals surface area contributed by atoms with E-state index in [2.05, 4.69) is 123 Å². The molecule has 0 aliphatic heterocycles. The van der Waals surface area contributed by atoms with Crippen molar-refractivity contribution in [3.05, 3.63) is 109 Å². The molecule has 10 heteroatoms. The molecule has 0 aliphatic rings. The minimum atomic E-state index is -4.41. The number of esters is 2. The second-order valence-corrected chi connectivity index (χ2v) is 22.0. The summed E-state index contributed by atoms with van der Waals surface area (Å²) in [5.41, 5.74) is 5.39. The van der Waals surface area contributed by atoms with Crippen LogP contribution in [0.3, 0.4) is 0 Å². The fourth-order valence-corrected chi connectivity index (χ4v) is 9.30. The average Bonchev–Trinajstić information content (AvgIpc) is 3.42. The van der Waals surface area contributed by atoms with Gasteiger partial charge in [-0.25, -0.2) is 4.57 Å². The molecule has 9 nitrogen and oxygen atoms in total. The van der Waals surface area contributed by atoms with Gasteiger partial charge in [0.1, 0.15) is 6.61 Å². The van der Waals surface area contributed by atoms with Crippen molar-refractivity contribution in [1.82, 2.24) is 0 Å². The number of carbonyl (C=O) groups is 2. The number of hydrogen-bond donors (Lipinski definition) is 2. The predicted octanol–water partition coefficient (Wildman–Crippen LogP) is 20.2. The third kappa shape index (κ3) is 61.7. The zero-order chi connectivity index (χ0) is 55.9. The predicted molar refractivity (Wildman–Crippen MR) is 330 cm³/mol. The first-order valence-corrected chi connectivity index (χ1v) is 32.9. The summed E-state index contributed by atoms with van der Waals surface area (Å²) in [6.45, 7) is 3.59. The minimum absolute atomic E-state index is 0.0428. The van der Waals surface area contributed by atoms with Crippen LogP contribution in [0.4, 0.5) is 0 Å². The number of phosphoric ester groups is 1. The molecule has 0 aromatic heterocycles. The van der Waals surface area contributed by atoms with Crippen LogP contribution in [0, 0.1) is 0 Å². The van der Waals surface area contributed by atoms with Crippen molar-refractivity contribution < 1.29 is 37.6 Å². The van der Waals surface area contributed by atoms with E-state index >= 15 is 0 Å². The van der Waals surface area contributed by atoms with Gasteiger partial charge in [0.05, 0.1) is 13.2 Å². The molecule has 442 valence electrons. The number of nitrogens with two attached hydrogens (primary N) is 1. The fourth-order valence-electron chi connectivity index (χ4n) is 8.53. The number of hydrogen-bond acceptors (Lipinski definition) is 8. The average molecular weight is 1090 g/mol. The maximum atomic E-state index is 12.7. The number of carbonyl (C=O) groups excluding carboxylic acids is 2. The van der Waals surface area contributed by atoms with Crippen LogP contribution in [0.15, 0.2) is 109 Å². The maximum Gasteiger partial charge on any atom is 0.472 e. The highest BCUT2D eigenvalue weighted by Crippen LogP contribution is 2.43. The third-order valence-corrected chi connectivity index (χ3v) is 14.1. The van der Waals surface area contributed by atoms with E-state index < -0.39 is 32.5 Å². The lowest BCUT2D eigenvalue weighted by atomic mass is 10.0. The first-order valence-electron chi connectivity index (χ1n) is 31.4. The van der Waals surface area contributed by atoms with Crippen molar-refractivity contribution in [2.45, 2.75) is 277 Å². The molecule has 0 spiro atoms. The number of unbranched alkanes of at least 4 members (excludes halogenated alkanes) is 27. The molecule has 0 aliphatic carbocycles. The van der Waals surface area contributed by atoms with Crippen LogP contribution in [-0.2, 0) is 32.7 Å². The van der Waals surface area contributed by atoms with E-state index in [1.54, 1.807) is 0 Å². The monoisotopic (exact) mass is 1090 g/mol. The normalized spacial score (nSPS) is 13.8. The molecular weight excluding hydrogens is 978 g/mol. The fraction of sp³-hybridized carbons (Fsp3) is 0.701. The summed E-state index contributed by atoms with van der Waals surface area (Å²) < 4.78 is 33.1. The van der Waals surface area contributed by atoms with Crippen molar-refractivity contribution >= 4 is 19.8 Å². The molecule has 0 bridgehead atoms. The molecule has 2 atom stereocenters. The molecule has 0 aromatic carbocycles. The van der Waals surface area contributed by atoms with Gasteiger partial charge in [0.2, 0.25) is 0 Å². The standard InChI is InChI=1S/C67H116NO8P/c1-3-5-7-9-11-13-15-17-19-21-23-25-27-29-30-31-32-33-34-36-37-39-41-43-45-47-49-51-53-55-57-59-66(69)73-63-65(64-75-77(71,72)74-62-61-68)76-67(70)60-58-56-54-52-50-48-46-44-42-40-38-35-28-26-24-22-20-18-16-14-12-10-8-6-4-2/h6,8,12,14-15,17-18,20-21,23-24,26,35,38,42,44,48,50,65H,3-5,7,9-11,13,16,19,22,25,27-34,36-37,39-41,43,45-47,49,51-64,68H2,1-2H3,(H,71,72)/b8-6-,14-12-,17-15-,20-18-,23-21-,26-24-,38-35-,44-42-,50-48-. The Morgan fingerprint density at radius 2 is 0.714 bits per heavy atom. The first-order chi connectivity index (χ1) is 37.8. The third-order valence-electron chi connectivity index (χ3n) is 13.1. The van der Waals surface area contributed by atoms with Crippen LogP contribution >= 0.6 is 7.82 Å². The Balaban J connectivity index is 3.98. The SMILES string of the molecule is CC/C=C\C/C=C\C/C=C\C/C=C\C/C=C\C/C=C\C/C=C\CCCCCC(=O)OC(COC(=O)CCCCCCCCCCCCCCCCCCCCC/C=C\C/C=C\CCCCCCC)COP(=O)(O)OCCN. The van der Waals surface area contributed by atoms with Crippen LogP contribution in [-0.4, -0.2) is 49.3 Å². The highest BCUT2D eigenvalue weighted by molar-refractivity contribution is 7.47. The summed E-state index contributed by atoms with van der Waals surface area (Å²) >= 11 is 0. The number of phosphoric acid groups is 1. The second-order valence-electron chi connectivity index (χ2n) is 20.5. The van der Waals surface area contributed by atoms with Gasteiger partial charge in [-0.2, -0.15) is 0 Å². The van der Waals surface area contributed by atoms with Gasteiger partial charge < -0.3 is 20.1 Å². The van der Waals surface area contributed by atoms with Crippen molar-refractivity contribution in [2.24, 2.45) is 5.73 Å². The van der Waals surface area contributed by atoms with E-state index in [9.17, 15) is 19.0 Å². The molecular formula is C67H116NO8P. The molecule has 0 saturated heterocycles. The summed E-state index contributed by atoms with van der Waals surface area (Å²) in [4.78, 5) is 35.2. The summed E-state index contributed by atoms with van der Waals surface area (Å²) in [5.74, 6) is -0.865. The van der Waals surface area contributed by atoms with E-state index in [0.717, 1.165) is 89.9 Å². The van der Waals surface area contributed by atoms with Crippen molar-refractivity contribution in [1.29, 1.82) is 0 Å². The zero-order valence-electron chi connectivity index (χ0n) is 49.4. The van der Waals surface area contributed by atoms with E-state index in [1.807, 2.05) is 0 Å². The van der Waals surface area contributed by atoms with Gasteiger partial charge in [0, 0.05) is 19.4 Å². The van der Waals surface area contributed by atoms with E-state index in [0.29, 0.717) is 6.42 Å². The lowest BCUT2D eigenvalue weighted by molar-refractivity contribution is -0.161. The highest BCUT2D eigenvalue weighted by Gasteiger charge is 2.26. The molecule has 3 N–H and O–H groups in total. The van der Waals surface area contributed by atoms with Crippen LogP contribution in [0.5, 0.6) is 0 Å². The topological polar surface area (TPSA) is 134 Å². The van der Waals surface area contributed by atoms with Gasteiger partial charge >= 0.3 is 19.8 Å². The molecule has 0 fully saturated rings. The first kappa shape index (κ1) is 73.7. The molecule has 0 amide bonds. The molecule has 0 radical (unpaired) electrons. The molecule has 0 saturated carbocycles. The van der Waals surface area contributed by atoms with Gasteiger partial charge in [-0.15, -0.1) is 0 Å². The Hall–Kier alpha value is -3.33. The Morgan fingerprint density at radius 1 is 0.403 bits per heavy atom. The largest absolute Gasteiger partial charge is 0.472 e. The van der Waals surface area contributed by atoms with Crippen molar-refractivity contribution in [3.63, 3.8) is 0 Å². The Labute approximate surface area is 473 Å². The number of ether oxygens (including phenoxy) is 2. The Kier molecular flexibility index (Phi) is 59.2. The minimum Gasteiger partial charge on any atom is -0.462 e. The van der Waals surface area contributed by atoms with Gasteiger partial charge in [-0.1, -0.05) is 264 Å². The Bertz CT molecular complexity index is 1630. The smallest absolute Gasteiger partial charge is 0.462 e. The van der Waals surface area contributed by atoms with Gasteiger partial charge in [0.25, 0.3) is 0 Å². The second kappa shape index (κ2) is 61.9. The molecule has 2 unspecified atom stereocenters. The lowest BCUT2D eigenvalue weighted by Crippen LogP contribution is -2.29. The van der Waals surface area contributed by atoms with Gasteiger partial charge in [0.15, 0.2) is 6.10 Å². The quantitative estimate of drug-likeness (QED) is 0.0264. The van der Waals surface area contributed by atoms with Crippen LogP contribution in [0.2, 0.25) is 0 Å². The number of rotatable bonds is 58. The summed E-state index contributed by atoms with van der Waals surface area (Å²) in [6.07, 6.45) is 84.5. The number of allylic oxidation sites excluding steroid dienone is 18. The van der Waals surface area contributed by atoms with Crippen molar-refractivity contribution in [2.75, 3.05) is 26.4 Å². The van der Waals surface area contributed by atoms with Gasteiger partial charge in [-0.3, -0.25) is 18.6 Å². The highest BCUT2D eigenvalue weighted by atomic mass is 31.2. The lowest BCUT2D eigenvalue weighted by Gasteiger charge is -2.19. The van der Waals surface area contributed by atoms with Crippen LogP contribution in [0.1, 0.15) is 271 Å². The van der Waals surface area contributed by atoms with E-state index in [1.165, 1.54) is 148 Å². The molecule has 0 rings (SSSR count). The van der Waals surface area contributed by atoms with E-state index in [4.69, 9.17) is 24.3 Å².